The molecule has 1 heterocycles. The number of aromatic nitrogens is 1. The van der Waals surface area contributed by atoms with Crippen molar-refractivity contribution >= 4 is 46.6 Å². The first kappa shape index (κ1) is 20.6. The Balaban J connectivity index is 2.01. The molecule has 0 atom stereocenters. The minimum absolute atomic E-state index is 0.0689. The molecule has 148 valence electrons. The molecule has 29 heavy (non-hydrogen) atoms. The number of hydrogen-bond acceptors (Lipinski definition) is 3. The molecule has 2 N–H and O–H groups in total. The van der Waals surface area contributed by atoms with Gasteiger partial charge in [0.05, 0.1) is 0 Å². The molecule has 0 aliphatic heterocycles. The van der Waals surface area contributed by atoms with Crippen LogP contribution in [0.1, 0.15) is 10.4 Å². The molecule has 0 saturated heterocycles. The van der Waals surface area contributed by atoms with E-state index >= 15 is 0 Å². The van der Waals surface area contributed by atoms with Crippen molar-refractivity contribution in [2.75, 3.05) is 11.9 Å². The maximum atomic E-state index is 13.5. The van der Waals surface area contributed by atoms with Gasteiger partial charge in [-0.3, -0.25) is 14.9 Å². The fourth-order valence-electron chi connectivity index (χ4n) is 2.46. The van der Waals surface area contributed by atoms with Crippen molar-refractivity contribution in [3.05, 3.63) is 92.4 Å². The summed E-state index contributed by atoms with van der Waals surface area (Å²) in [4.78, 5) is 32.6. The van der Waals surface area contributed by atoms with E-state index in [4.69, 9.17) is 23.2 Å². The second-order valence-electron chi connectivity index (χ2n) is 5.99. The summed E-state index contributed by atoms with van der Waals surface area (Å²) in [6.07, 6.45) is 0. The number of halogens is 3. The van der Waals surface area contributed by atoms with E-state index in [9.17, 15) is 14.0 Å². The van der Waals surface area contributed by atoms with Gasteiger partial charge in [0.15, 0.2) is 0 Å². The van der Waals surface area contributed by atoms with Crippen LogP contribution < -0.4 is 15.8 Å². The van der Waals surface area contributed by atoms with Crippen LogP contribution in [0, 0.1) is 5.82 Å². The van der Waals surface area contributed by atoms with Crippen LogP contribution >= 0.6 is 23.2 Å². The number of nitrogens with one attached hydrogen (secondary N) is 2. The van der Waals surface area contributed by atoms with Crippen LogP contribution in [-0.4, -0.2) is 23.9 Å². The summed E-state index contributed by atoms with van der Waals surface area (Å²) < 4.78 is 13.5. The van der Waals surface area contributed by atoms with Gasteiger partial charge in [0.25, 0.3) is 5.91 Å². The van der Waals surface area contributed by atoms with Crippen LogP contribution in [0.3, 0.4) is 0 Å². The molecule has 0 fully saturated rings. The van der Waals surface area contributed by atoms with Gasteiger partial charge in [0.1, 0.15) is 11.6 Å². The zero-order valence-corrected chi connectivity index (χ0v) is 16.6. The number of aromatic amines is 1. The highest BCUT2D eigenvalue weighted by atomic mass is 35.5. The third-order valence-electron chi connectivity index (χ3n) is 3.84. The van der Waals surface area contributed by atoms with Crippen molar-refractivity contribution in [2.24, 2.45) is 4.99 Å². The van der Waals surface area contributed by atoms with Gasteiger partial charge in [-0.25, -0.2) is 4.39 Å². The zero-order valence-electron chi connectivity index (χ0n) is 15.1. The summed E-state index contributed by atoms with van der Waals surface area (Å²) in [6.45, 7) is 0. The number of amides is 1. The standard InChI is InChI=1S/C20H15Cl2FN4O2/c1-27(16-10-13(21)9-14(22)11-16)20(25-17-6-3-7-18(28)24-17)26-19(29)12-4-2-5-15(23)8-12/h2-11H,1H3,(H2,24,25,26,28,29). The molecule has 0 spiro atoms. The number of guanidine groups is 1. The van der Waals surface area contributed by atoms with Crippen LogP contribution in [0.25, 0.3) is 0 Å². The molecule has 0 aliphatic rings. The Labute approximate surface area is 175 Å². The number of nitrogens with zero attached hydrogens (tertiary/aromatic N) is 2. The maximum Gasteiger partial charge on any atom is 0.258 e. The van der Waals surface area contributed by atoms with Crippen LogP contribution in [0.5, 0.6) is 0 Å². The van der Waals surface area contributed by atoms with Crippen LogP contribution in [0.15, 0.2) is 70.5 Å². The quantitative estimate of drug-likeness (QED) is 0.476. The van der Waals surface area contributed by atoms with Crippen LogP contribution in [0.4, 0.5) is 15.9 Å². The molecule has 1 amide bonds. The van der Waals surface area contributed by atoms with Crippen molar-refractivity contribution in [3.8, 4) is 0 Å². The average molecular weight is 433 g/mol. The molecule has 3 aromatic rings. The summed E-state index contributed by atoms with van der Waals surface area (Å²) in [6, 6.07) is 14.5. The van der Waals surface area contributed by atoms with Gasteiger partial charge in [-0.05, 0) is 42.5 Å². The van der Waals surface area contributed by atoms with Gasteiger partial charge in [0.2, 0.25) is 11.5 Å². The lowest BCUT2D eigenvalue weighted by molar-refractivity contribution is 0.0976. The Morgan fingerprint density at radius 2 is 1.76 bits per heavy atom. The van der Waals surface area contributed by atoms with Gasteiger partial charge in [0, 0.05) is 34.4 Å². The van der Waals surface area contributed by atoms with E-state index in [-0.39, 0.29) is 22.9 Å². The fourth-order valence-corrected chi connectivity index (χ4v) is 2.98. The molecule has 0 aliphatic carbocycles. The summed E-state index contributed by atoms with van der Waals surface area (Å²) in [5.41, 5.74) is 0.298. The molecule has 0 saturated carbocycles. The molecule has 0 bridgehead atoms. The Morgan fingerprint density at radius 1 is 1.07 bits per heavy atom. The van der Waals surface area contributed by atoms with Gasteiger partial charge in [-0.2, -0.15) is 4.99 Å². The first-order valence-electron chi connectivity index (χ1n) is 8.36. The van der Waals surface area contributed by atoms with E-state index in [1.165, 1.54) is 35.2 Å². The van der Waals surface area contributed by atoms with Crippen LogP contribution in [0.2, 0.25) is 10.0 Å². The van der Waals surface area contributed by atoms with E-state index in [0.29, 0.717) is 15.7 Å². The van der Waals surface area contributed by atoms with Crippen molar-refractivity contribution in [1.29, 1.82) is 0 Å². The number of carbonyl (C=O) groups excluding carboxylic acids is 1. The molecular weight excluding hydrogens is 418 g/mol. The largest absolute Gasteiger partial charge is 0.315 e. The van der Waals surface area contributed by atoms with E-state index in [1.807, 2.05) is 0 Å². The molecule has 0 radical (unpaired) electrons. The Hall–Kier alpha value is -3.16. The predicted molar refractivity (Wildman–Crippen MR) is 113 cm³/mol. The number of aliphatic imine (C=N–C) groups is 1. The van der Waals surface area contributed by atoms with Crippen LogP contribution in [-0.2, 0) is 0 Å². The second-order valence-corrected chi connectivity index (χ2v) is 6.86. The highest BCUT2D eigenvalue weighted by molar-refractivity contribution is 6.35. The van der Waals surface area contributed by atoms with Crippen molar-refractivity contribution < 1.29 is 9.18 Å². The normalized spacial score (nSPS) is 11.2. The maximum absolute atomic E-state index is 13.5. The molecular formula is C20H15Cl2FN4O2. The highest BCUT2D eigenvalue weighted by Gasteiger charge is 2.16. The van der Waals surface area contributed by atoms with E-state index in [1.54, 1.807) is 31.3 Å². The number of hydrogen-bond donors (Lipinski definition) is 2. The van der Waals surface area contributed by atoms with Gasteiger partial charge < -0.3 is 9.88 Å². The number of H-pyrrole nitrogens is 1. The summed E-state index contributed by atoms with van der Waals surface area (Å²) in [5.74, 6) is -0.841. The Kier molecular flexibility index (Phi) is 6.31. The fraction of sp³-hybridized carbons (Fsp3) is 0.0500. The second kappa shape index (κ2) is 8.89. The summed E-state index contributed by atoms with van der Waals surface area (Å²) >= 11 is 12.1. The molecule has 1 aromatic heterocycles. The van der Waals surface area contributed by atoms with Crippen molar-refractivity contribution in [3.63, 3.8) is 0 Å². The average Bonchev–Trinajstić information content (AvgIpc) is 2.66. The lowest BCUT2D eigenvalue weighted by Gasteiger charge is -2.22. The highest BCUT2D eigenvalue weighted by Crippen LogP contribution is 2.25. The van der Waals surface area contributed by atoms with E-state index in [0.717, 1.165) is 6.07 Å². The Bertz CT molecular complexity index is 1130. The molecule has 9 heteroatoms. The number of pyridine rings is 1. The lowest BCUT2D eigenvalue weighted by atomic mass is 10.2. The number of benzene rings is 2. The van der Waals surface area contributed by atoms with E-state index < -0.39 is 11.7 Å². The first-order chi connectivity index (χ1) is 13.8. The monoisotopic (exact) mass is 432 g/mol. The van der Waals surface area contributed by atoms with Gasteiger partial charge in [-0.1, -0.05) is 35.3 Å². The smallest absolute Gasteiger partial charge is 0.258 e. The molecule has 2 aromatic carbocycles. The number of rotatable bonds is 3. The molecule has 3 rings (SSSR count). The van der Waals surface area contributed by atoms with Gasteiger partial charge >= 0.3 is 0 Å². The third-order valence-corrected chi connectivity index (χ3v) is 4.28. The summed E-state index contributed by atoms with van der Waals surface area (Å²) in [5, 5.41) is 3.41. The topological polar surface area (TPSA) is 77.6 Å². The molecule has 0 unspecified atom stereocenters. The Morgan fingerprint density at radius 3 is 2.41 bits per heavy atom. The van der Waals surface area contributed by atoms with Crippen molar-refractivity contribution in [2.45, 2.75) is 0 Å². The minimum atomic E-state index is -0.582. The molecule has 6 nitrogen and oxygen atoms in total. The third kappa shape index (κ3) is 5.43. The van der Waals surface area contributed by atoms with Crippen molar-refractivity contribution in [1.82, 2.24) is 10.3 Å². The number of anilines is 1. The SMILES string of the molecule is CN(/C(=N\c1cccc(=O)[nH]1)NC(=O)c1cccc(F)c1)c1cc(Cl)cc(Cl)c1. The zero-order chi connectivity index (χ0) is 21.0. The van der Waals surface area contributed by atoms with Gasteiger partial charge in [-0.15, -0.1) is 0 Å². The predicted octanol–water partition coefficient (Wildman–Crippen LogP) is 4.37. The first-order valence-corrected chi connectivity index (χ1v) is 9.12. The number of carbonyl (C=O) groups is 1. The minimum Gasteiger partial charge on any atom is -0.315 e. The van der Waals surface area contributed by atoms with E-state index in [2.05, 4.69) is 15.3 Å². The summed E-state index contributed by atoms with van der Waals surface area (Å²) in [7, 11) is 1.63. The lowest BCUT2D eigenvalue weighted by Crippen LogP contribution is -2.42.